The Morgan fingerprint density at radius 1 is 1.40 bits per heavy atom. The van der Waals surface area contributed by atoms with Gasteiger partial charge in [-0.25, -0.2) is 4.39 Å². The second-order valence-corrected chi connectivity index (χ2v) is 3.82. The zero-order valence-corrected chi connectivity index (χ0v) is 8.02. The van der Waals surface area contributed by atoms with Crippen molar-refractivity contribution in [3.05, 3.63) is 46.4 Å². The highest BCUT2D eigenvalue weighted by Gasteiger charge is 2.18. The lowest BCUT2D eigenvalue weighted by Crippen LogP contribution is -2.40. The molecule has 1 N–H and O–H groups in total. The van der Waals surface area contributed by atoms with Crippen LogP contribution in [0.4, 0.5) is 4.39 Å². The third-order valence-corrected chi connectivity index (χ3v) is 2.83. The highest BCUT2D eigenvalue weighted by Crippen LogP contribution is 2.21. The van der Waals surface area contributed by atoms with Crippen LogP contribution in [0, 0.1) is 0 Å². The van der Waals surface area contributed by atoms with Gasteiger partial charge in [-0.3, -0.25) is 10.3 Å². The van der Waals surface area contributed by atoms with E-state index in [1.165, 1.54) is 6.08 Å². The van der Waals surface area contributed by atoms with E-state index in [1.54, 1.807) is 18.3 Å². The minimum absolute atomic E-state index is 0.424. The molecule has 0 bridgehead atoms. The summed E-state index contributed by atoms with van der Waals surface area (Å²) < 4.78 is 13.6. The van der Waals surface area contributed by atoms with Gasteiger partial charge >= 0.3 is 0 Å². The fraction of sp³-hybridized carbons (Fsp3) is 0.167. The van der Waals surface area contributed by atoms with Crippen LogP contribution < -0.4 is 10.4 Å². The summed E-state index contributed by atoms with van der Waals surface area (Å²) in [5, 5.41) is 12.4. The third kappa shape index (κ3) is 1.20. The second kappa shape index (κ2) is 2.94. The van der Waals surface area contributed by atoms with Gasteiger partial charge in [-0.1, -0.05) is 24.3 Å². The zero-order valence-electron chi connectivity index (χ0n) is 8.02. The van der Waals surface area contributed by atoms with Gasteiger partial charge in [0.25, 0.3) is 0 Å². The molecule has 1 heterocycles. The first kappa shape index (κ1) is 8.68. The maximum Gasteiger partial charge on any atom is 0.144 e. The Hall–Kier alpha value is -1.61. The first-order valence-electron chi connectivity index (χ1n) is 4.87. The first-order valence-corrected chi connectivity index (χ1v) is 4.87. The number of rotatable bonds is 0. The fourth-order valence-corrected chi connectivity index (χ4v) is 2.20. The monoisotopic (exact) mass is 203 g/mol. The minimum Gasteiger partial charge on any atom is -0.289 e. The van der Waals surface area contributed by atoms with Gasteiger partial charge in [0.15, 0.2) is 0 Å². The molecular weight excluding hydrogens is 193 g/mol. The maximum atomic E-state index is 13.6. The molecule has 3 heteroatoms. The molecule has 0 fully saturated rings. The van der Waals surface area contributed by atoms with Crippen LogP contribution in [0.5, 0.6) is 0 Å². The van der Waals surface area contributed by atoms with Gasteiger partial charge in [0, 0.05) is 11.4 Å². The van der Waals surface area contributed by atoms with E-state index in [9.17, 15) is 9.60 Å². The lowest BCUT2D eigenvalue weighted by molar-refractivity contribution is -0.00752. The lowest BCUT2D eigenvalue weighted by atomic mass is 9.95. The minimum atomic E-state index is -1.03. The number of alkyl halides is 1. The fourth-order valence-electron chi connectivity index (χ4n) is 2.20. The number of allylic oxidation sites excluding steroid dienone is 1. The second-order valence-electron chi connectivity index (χ2n) is 3.82. The molecule has 3 rings (SSSR count). The molecule has 0 radical (unpaired) electrons. The third-order valence-electron chi connectivity index (χ3n) is 2.83. The van der Waals surface area contributed by atoms with E-state index >= 15 is 0 Å². The Labute approximate surface area is 86.2 Å². The van der Waals surface area contributed by atoms with E-state index in [-0.39, 0.29) is 0 Å². The Kier molecular flexibility index (Phi) is 1.70. The highest BCUT2D eigenvalue weighted by atomic mass is 19.1. The molecule has 2 nitrogen and oxygen atoms in total. The summed E-state index contributed by atoms with van der Waals surface area (Å²) in [4.78, 5) is 0. The largest absolute Gasteiger partial charge is 0.289 e. The molecule has 0 amide bonds. The topological polar surface area (TPSA) is 23.5 Å². The van der Waals surface area contributed by atoms with Crippen LogP contribution in [-0.2, 0) is 0 Å². The van der Waals surface area contributed by atoms with E-state index in [1.807, 2.05) is 12.1 Å². The normalized spacial score (nSPS) is 22.4. The summed E-state index contributed by atoms with van der Waals surface area (Å²) >= 11 is 0. The molecule has 76 valence electrons. The van der Waals surface area contributed by atoms with Crippen LogP contribution in [-0.4, -0.2) is 16.8 Å². The quantitative estimate of drug-likeness (QED) is 0.676. The number of hydroxylamine groups is 2. The predicted octanol–water partition coefficient (Wildman–Crippen LogP) is 0.861. The van der Waals surface area contributed by atoms with Crippen LogP contribution in [0.25, 0.3) is 11.8 Å². The van der Waals surface area contributed by atoms with Gasteiger partial charge in [0.1, 0.15) is 6.17 Å². The number of nitrogens with zero attached hydrogens (tertiary/aromatic N) is 1. The summed E-state index contributed by atoms with van der Waals surface area (Å²) in [6.07, 6.45) is 3.89. The summed E-state index contributed by atoms with van der Waals surface area (Å²) in [6.45, 7) is 0.424. The highest BCUT2D eigenvalue weighted by molar-refractivity contribution is 5.65. The van der Waals surface area contributed by atoms with E-state index in [0.29, 0.717) is 12.1 Å². The number of benzene rings is 1. The van der Waals surface area contributed by atoms with Crippen molar-refractivity contribution in [2.75, 3.05) is 6.54 Å². The first-order chi connectivity index (χ1) is 7.25. The van der Waals surface area contributed by atoms with Gasteiger partial charge in [-0.2, -0.15) is 0 Å². The summed E-state index contributed by atoms with van der Waals surface area (Å²) in [5.74, 6) is 0. The smallest absolute Gasteiger partial charge is 0.144 e. The van der Waals surface area contributed by atoms with Crippen LogP contribution >= 0.6 is 0 Å². The molecule has 0 spiro atoms. The molecular formula is C12H10FNO. The molecule has 1 aromatic carbocycles. The summed E-state index contributed by atoms with van der Waals surface area (Å²) in [6, 6.07) is 5.49. The molecule has 1 unspecified atom stereocenters. The SMILES string of the molecule is ON1C=c2cccc3c2=C(C=CC3F)C1. The Morgan fingerprint density at radius 2 is 2.27 bits per heavy atom. The van der Waals surface area contributed by atoms with Crippen molar-refractivity contribution < 1.29 is 9.60 Å². The number of halogens is 1. The Balaban J connectivity index is 2.46. The molecule has 1 aliphatic carbocycles. The van der Waals surface area contributed by atoms with Crippen molar-refractivity contribution in [3.8, 4) is 0 Å². The van der Waals surface area contributed by atoms with E-state index < -0.39 is 6.17 Å². The van der Waals surface area contributed by atoms with Crippen molar-refractivity contribution in [2.45, 2.75) is 6.17 Å². The average Bonchev–Trinajstić information content (AvgIpc) is 2.23. The van der Waals surface area contributed by atoms with Crippen LogP contribution in [0.3, 0.4) is 0 Å². The van der Waals surface area contributed by atoms with Gasteiger partial charge in [-0.15, -0.1) is 0 Å². The molecule has 0 saturated heterocycles. The maximum absolute atomic E-state index is 13.6. The summed E-state index contributed by atoms with van der Waals surface area (Å²) in [5.41, 5.74) is 1.67. The summed E-state index contributed by atoms with van der Waals surface area (Å²) in [7, 11) is 0. The van der Waals surface area contributed by atoms with Crippen LogP contribution in [0.1, 0.15) is 11.7 Å². The van der Waals surface area contributed by atoms with Gasteiger partial charge in [-0.05, 0) is 22.4 Å². The van der Waals surface area contributed by atoms with Gasteiger partial charge in [0.2, 0.25) is 0 Å². The Bertz CT molecular complexity index is 561. The van der Waals surface area contributed by atoms with Crippen molar-refractivity contribution >= 4 is 11.8 Å². The molecule has 0 aromatic heterocycles. The van der Waals surface area contributed by atoms with E-state index in [0.717, 1.165) is 21.1 Å². The van der Waals surface area contributed by atoms with Gasteiger partial charge in [0.05, 0.1) is 6.54 Å². The zero-order chi connectivity index (χ0) is 10.4. The molecule has 2 aliphatic rings. The van der Waals surface area contributed by atoms with Crippen molar-refractivity contribution in [1.82, 2.24) is 5.06 Å². The van der Waals surface area contributed by atoms with Crippen LogP contribution in [0.15, 0.2) is 30.4 Å². The molecule has 0 saturated carbocycles. The molecule has 1 aliphatic heterocycles. The lowest BCUT2D eigenvalue weighted by Gasteiger charge is -2.22. The van der Waals surface area contributed by atoms with Crippen molar-refractivity contribution in [2.24, 2.45) is 0 Å². The number of hydrogen-bond acceptors (Lipinski definition) is 2. The predicted molar refractivity (Wildman–Crippen MR) is 55.0 cm³/mol. The van der Waals surface area contributed by atoms with E-state index in [4.69, 9.17) is 0 Å². The van der Waals surface area contributed by atoms with Crippen molar-refractivity contribution in [3.63, 3.8) is 0 Å². The van der Waals surface area contributed by atoms with Gasteiger partial charge < -0.3 is 0 Å². The van der Waals surface area contributed by atoms with E-state index in [2.05, 4.69) is 0 Å². The molecule has 15 heavy (non-hydrogen) atoms. The average molecular weight is 203 g/mol. The molecule has 1 atom stereocenters. The van der Waals surface area contributed by atoms with Crippen LogP contribution in [0.2, 0.25) is 0 Å². The Morgan fingerprint density at radius 3 is 3.13 bits per heavy atom. The van der Waals surface area contributed by atoms with Crippen molar-refractivity contribution in [1.29, 1.82) is 0 Å². The molecule has 1 aromatic rings. The standard InChI is InChI=1S/C12H10FNO/c13-11-5-4-9-7-14(15)6-8-2-1-3-10(11)12(8)9/h1-6,11,15H,7H2. The number of hydrogen-bond donors (Lipinski definition) is 1.